The van der Waals surface area contributed by atoms with E-state index in [0.29, 0.717) is 44.1 Å². The van der Waals surface area contributed by atoms with E-state index < -0.39 is 29.0 Å². The number of ether oxygens (including phenoxy) is 3. The predicted octanol–water partition coefficient (Wildman–Crippen LogP) is 3.70. The minimum absolute atomic E-state index is 0.182. The normalized spacial score (nSPS) is 26.9. The molecule has 188 valence electrons. The molecular formula is C25H35NO8. The van der Waals surface area contributed by atoms with Crippen LogP contribution in [-0.2, 0) is 35.2 Å². The van der Waals surface area contributed by atoms with Crippen LogP contribution < -0.4 is 5.32 Å². The van der Waals surface area contributed by atoms with Crippen LogP contribution in [0.4, 0.5) is 4.79 Å². The molecule has 0 aromatic heterocycles. The highest BCUT2D eigenvalue weighted by atomic mass is 16.6. The Bertz CT molecular complexity index is 857. The summed E-state index contributed by atoms with van der Waals surface area (Å²) in [5.74, 6) is -1.31. The van der Waals surface area contributed by atoms with Crippen molar-refractivity contribution in [2.24, 2.45) is 17.3 Å². The van der Waals surface area contributed by atoms with Crippen LogP contribution in [0.25, 0.3) is 0 Å². The lowest BCUT2D eigenvalue weighted by Gasteiger charge is -2.43. The molecule has 1 amide bonds. The summed E-state index contributed by atoms with van der Waals surface area (Å²) in [4.78, 5) is 46.1. The van der Waals surface area contributed by atoms with Gasteiger partial charge >= 0.3 is 24.0 Å². The van der Waals surface area contributed by atoms with Crippen LogP contribution in [-0.4, -0.2) is 47.9 Å². The number of carboxylic acids is 1. The minimum atomic E-state index is -1.24. The minimum Gasteiger partial charge on any atom is -0.480 e. The Morgan fingerprint density at radius 2 is 1.41 bits per heavy atom. The Morgan fingerprint density at radius 3 is 1.88 bits per heavy atom. The second kappa shape index (κ2) is 11.9. The lowest BCUT2D eigenvalue weighted by Crippen LogP contribution is -2.62. The summed E-state index contributed by atoms with van der Waals surface area (Å²) in [6, 6.07) is 9.41. The summed E-state index contributed by atoms with van der Waals surface area (Å²) < 4.78 is 15.0. The van der Waals surface area contributed by atoms with Gasteiger partial charge in [-0.3, -0.25) is 9.59 Å². The summed E-state index contributed by atoms with van der Waals surface area (Å²) in [7, 11) is 0. The number of rotatable bonds is 8. The van der Waals surface area contributed by atoms with Crippen LogP contribution in [0.15, 0.2) is 30.3 Å². The van der Waals surface area contributed by atoms with Crippen LogP contribution in [0, 0.1) is 17.3 Å². The molecular weight excluding hydrogens is 442 g/mol. The molecule has 2 N–H and O–H groups in total. The monoisotopic (exact) mass is 477 g/mol. The molecule has 0 saturated heterocycles. The molecule has 0 radical (unpaired) electrons. The Balaban J connectivity index is 0.000000270. The zero-order chi connectivity index (χ0) is 25.4. The largest absolute Gasteiger partial charge is 0.480 e. The van der Waals surface area contributed by atoms with Crippen molar-refractivity contribution in [2.45, 2.75) is 65.5 Å². The third-order valence-corrected chi connectivity index (χ3v) is 6.08. The molecule has 1 aromatic rings. The maximum Gasteiger partial charge on any atom is 0.408 e. The van der Waals surface area contributed by atoms with E-state index in [-0.39, 0.29) is 19.2 Å². The van der Waals surface area contributed by atoms with Gasteiger partial charge in [0, 0.05) is 0 Å². The molecule has 0 unspecified atom stereocenters. The van der Waals surface area contributed by atoms with Gasteiger partial charge in [0.1, 0.15) is 12.1 Å². The number of esters is 2. The molecule has 9 heteroatoms. The van der Waals surface area contributed by atoms with Gasteiger partial charge in [0.2, 0.25) is 0 Å². The zero-order valence-corrected chi connectivity index (χ0v) is 20.3. The summed E-state index contributed by atoms with van der Waals surface area (Å²) in [6.45, 7) is 8.12. The van der Waals surface area contributed by atoms with Crippen molar-refractivity contribution in [3.8, 4) is 0 Å². The lowest BCUT2D eigenvalue weighted by atomic mass is 9.62. The molecule has 0 heterocycles. The van der Waals surface area contributed by atoms with E-state index in [0.717, 1.165) is 5.56 Å². The molecule has 2 saturated carbocycles. The Morgan fingerprint density at radius 1 is 0.882 bits per heavy atom. The van der Waals surface area contributed by atoms with Crippen molar-refractivity contribution in [3.05, 3.63) is 35.9 Å². The van der Waals surface area contributed by atoms with Gasteiger partial charge in [0.25, 0.3) is 0 Å². The molecule has 34 heavy (non-hydrogen) atoms. The highest BCUT2D eigenvalue weighted by molar-refractivity contribution is 6.00. The van der Waals surface area contributed by atoms with E-state index in [2.05, 4.69) is 5.32 Å². The highest BCUT2D eigenvalue weighted by Crippen LogP contribution is 2.46. The van der Waals surface area contributed by atoms with Crippen molar-refractivity contribution >= 4 is 24.0 Å². The highest BCUT2D eigenvalue weighted by Gasteiger charge is 2.56. The number of hydrogen-bond donors (Lipinski definition) is 2. The molecule has 9 nitrogen and oxygen atoms in total. The van der Waals surface area contributed by atoms with E-state index in [4.69, 9.17) is 19.3 Å². The van der Waals surface area contributed by atoms with Gasteiger partial charge in [-0.1, -0.05) is 44.2 Å². The zero-order valence-electron chi connectivity index (χ0n) is 20.3. The lowest BCUT2D eigenvalue weighted by molar-refractivity contribution is -0.179. The fourth-order valence-corrected chi connectivity index (χ4v) is 4.50. The van der Waals surface area contributed by atoms with Gasteiger partial charge in [0.15, 0.2) is 5.41 Å². The van der Waals surface area contributed by atoms with Crippen LogP contribution >= 0.6 is 0 Å². The van der Waals surface area contributed by atoms with E-state index in [1.54, 1.807) is 13.8 Å². The number of alkyl carbamates (subject to hydrolysis) is 1. The van der Waals surface area contributed by atoms with E-state index in [1.807, 2.05) is 44.2 Å². The molecule has 2 aliphatic rings. The quantitative estimate of drug-likeness (QED) is 0.330. The number of carbonyl (C=O) groups is 4. The van der Waals surface area contributed by atoms with Crippen molar-refractivity contribution in [3.63, 3.8) is 0 Å². The maximum atomic E-state index is 12.0. The third-order valence-electron chi connectivity index (χ3n) is 6.08. The standard InChI is InChI=1S/C16H21NO4.C9H14O4/c1-3-20-14(18)16(9-12(2)10-16)17-15(19)21-11-13-7-5-4-6-8-13;1-3-13-8(12)9(7(10)11)4-6(2)5-9/h4-8,12H,3,9-11H2,1-2H3,(H,17,19);6H,3-5H2,1-2H3,(H,10,11). The van der Waals surface area contributed by atoms with E-state index >= 15 is 0 Å². The second-order valence-electron chi connectivity index (χ2n) is 9.12. The number of carboxylic acid groups (broad SMARTS) is 1. The van der Waals surface area contributed by atoms with Crippen LogP contribution in [0.3, 0.4) is 0 Å². The molecule has 2 aliphatic carbocycles. The van der Waals surface area contributed by atoms with Gasteiger partial charge in [-0.25, -0.2) is 9.59 Å². The number of carbonyl (C=O) groups excluding carboxylic acids is 3. The first-order valence-corrected chi connectivity index (χ1v) is 11.6. The van der Waals surface area contributed by atoms with Crippen molar-refractivity contribution in [1.29, 1.82) is 0 Å². The Hall–Kier alpha value is -3.10. The van der Waals surface area contributed by atoms with Crippen LogP contribution in [0.2, 0.25) is 0 Å². The van der Waals surface area contributed by atoms with Crippen molar-refractivity contribution in [1.82, 2.24) is 5.32 Å². The van der Waals surface area contributed by atoms with Crippen LogP contribution in [0.5, 0.6) is 0 Å². The van der Waals surface area contributed by atoms with Gasteiger partial charge < -0.3 is 24.6 Å². The number of benzene rings is 1. The average Bonchev–Trinajstić information content (AvgIpc) is 2.75. The number of nitrogens with one attached hydrogen (secondary N) is 1. The number of aliphatic carboxylic acids is 1. The Labute approximate surface area is 200 Å². The molecule has 1 aromatic carbocycles. The molecule has 2 fully saturated rings. The first-order valence-electron chi connectivity index (χ1n) is 11.6. The molecule has 0 atom stereocenters. The van der Waals surface area contributed by atoms with Crippen molar-refractivity contribution < 1.29 is 38.5 Å². The first kappa shape index (κ1) is 27.1. The third kappa shape index (κ3) is 6.48. The maximum absolute atomic E-state index is 12.0. The first-order chi connectivity index (χ1) is 16.1. The van der Waals surface area contributed by atoms with Gasteiger partial charge in [-0.05, 0) is 56.9 Å². The molecule has 0 bridgehead atoms. The average molecular weight is 478 g/mol. The Kier molecular flexibility index (Phi) is 9.46. The number of amides is 1. The molecule has 3 rings (SSSR count). The SMILES string of the molecule is CCOC(=O)C1(C(=O)O)CC(C)C1.CCOC(=O)C1(NC(=O)OCc2ccccc2)CC(C)C1. The van der Waals surface area contributed by atoms with E-state index in [1.165, 1.54) is 0 Å². The van der Waals surface area contributed by atoms with Crippen molar-refractivity contribution in [2.75, 3.05) is 13.2 Å². The molecule has 0 spiro atoms. The van der Waals surface area contributed by atoms with Gasteiger partial charge in [-0.15, -0.1) is 0 Å². The summed E-state index contributed by atoms with van der Waals surface area (Å²) >= 11 is 0. The topological polar surface area (TPSA) is 128 Å². The summed E-state index contributed by atoms with van der Waals surface area (Å²) in [5, 5.41) is 11.6. The number of hydrogen-bond acceptors (Lipinski definition) is 7. The smallest absolute Gasteiger partial charge is 0.408 e. The summed E-state index contributed by atoms with van der Waals surface area (Å²) in [6.07, 6.45) is 1.40. The predicted molar refractivity (Wildman–Crippen MR) is 123 cm³/mol. The van der Waals surface area contributed by atoms with Crippen LogP contribution in [0.1, 0.15) is 58.9 Å². The fourth-order valence-electron chi connectivity index (χ4n) is 4.50. The second-order valence-corrected chi connectivity index (χ2v) is 9.12. The molecule has 0 aliphatic heterocycles. The van der Waals surface area contributed by atoms with Gasteiger partial charge in [0.05, 0.1) is 13.2 Å². The van der Waals surface area contributed by atoms with E-state index in [9.17, 15) is 19.2 Å². The fraction of sp³-hybridized carbons (Fsp3) is 0.600. The van der Waals surface area contributed by atoms with Gasteiger partial charge in [-0.2, -0.15) is 0 Å². The summed E-state index contributed by atoms with van der Waals surface area (Å²) in [5.41, 5.74) is -1.25.